The third-order valence-electron chi connectivity index (χ3n) is 3.57. The summed E-state index contributed by atoms with van der Waals surface area (Å²) in [6.07, 6.45) is 0.971. The van der Waals surface area contributed by atoms with Crippen LogP contribution in [0.2, 0.25) is 0 Å². The van der Waals surface area contributed by atoms with E-state index in [2.05, 4.69) is 34.1 Å². The number of rotatable bonds is 1. The number of hydrogen-bond donors (Lipinski definition) is 1. The molecule has 0 radical (unpaired) electrons. The number of nitrogens with zero attached hydrogens (tertiary/aromatic N) is 1. The Kier molecular flexibility index (Phi) is 2.69. The Hall–Kier alpha value is -1.65. The summed E-state index contributed by atoms with van der Waals surface area (Å²) in [5, 5.41) is 1.07. The largest absolute Gasteiger partial charge is 0.399 e. The number of anilines is 1. The second-order valence-electron chi connectivity index (χ2n) is 4.86. The highest BCUT2D eigenvalue weighted by molar-refractivity contribution is 9.10. The second-order valence-corrected chi connectivity index (χ2v) is 6.79. The lowest BCUT2D eigenvalue weighted by Gasteiger charge is -2.02. The number of fused-ring (bicyclic) bond motifs is 3. The summed E-state index contributed by atoms with van der Waals surface area (Å²) in [5.41, 5.74) is 11.4. The van der Waals surface area contributed by atoms with E-state index in [0.29, 0.717) is 0 Å². The number of nitrogen functional groups attached to an aromatic ring is 1. The molecule has 98 valence electrons. The normalized spacial score (nSPS) is 12.2. The average molecular weight is 343 g/mol. The van der Waals surface area contributed by atoms with Crippen molar-refractivity contribution < 1.29 is 0 Å². The third kappa shape index (κ3) is 1.79. The molecule has 3 aromatic rings. The summed E-state index contributed by atoms with van der Waals surface area (Å²) in [6.45, 7) is 0. The summed E-state index contributed by atoms with van der Waals surface area (Å²) < 4.78 is 1.18. The van der Waals surface area contributed by atoms with Crippen LogP contribution in [0.5, 0.6) is 0 Å². The smallest absolute Gasteiger partial charge is 0.124 e. The quantitative estimate of drug-likeness (QED) is 0.508. The van der Waals surface area contributed by atoms with Gasteiger partial charge in [0.2, 0.25) is 0 Å². The van der Waals surface area contributed by atoms with Crippen LogP contribution in [0.15, 0.2) is 46.9 Å². The van der Waals surface area contributed by atoms with Gasteiger partial charge in [-0.05, 0) is 35.9 Å². The summed E-state index contributed by atoms with van der Waals surface area (Å²) in [5.74, 6) is 0. The molecule has 0 fully saturated rings. The zero-order valence-electron chi connectivity index (χ0n) is 10.6. The van der Waals surface area contributed by atoms with Crippen LogP contribution in [0.25, 0.3) is 21.8 Å². The molecule has 2 nitrogen and oxygen atoms in total. The molecule has 0 atom stereocenters. The fourth-order valence-electron chi connectivity index (χ4n) is 2.55. The van der Waals surface area contributed by atoms with Gasteiger partial charge in [-0.15, -0.1) is 11.3 Å². The number of halogens is 1. The number of aromatic nitrogens is 1. The van der Waals surface area contributed by atoms with Gasteiger partial charge < -0.3 is 5.73 Å². The minimum atomic E-state index is 0.784. The first-order chi connectivity index (χ1) is 9.72. The van der Waals surface area contributed by atoms with Gasteiger partial charge in [0.15, 0.2) is 0 Å². The van der Waals surface area contributed by atoms with E-state index < -0.39 is 0 Å². The average Bonchev–Trinajstić information content (AvgIpc) is 2.99. The maximum absolute atomic E-state index is 5.73. The molecule has 0 unspecified atom stereocenters. The maximum atomic E-state index is 5.73. The first-order valence-corrected chi connectivity index (χ1v) is 7.97. The predicted octanol–water partition coefficient (Wildman–Crippen LogP) is 4.73. The van der Waals surface area contributed by atoms with E-state index in [-0.39, 0.29) is 0 Å². The molecule has 0 amide bonds. The number of nitrogens with two attached hydrogens (primary N) is 1. The third-order valence-corrected chi connectivity index (χ3v) is 5.41. The second kappa shape index (κ2) is 4.43. The van der Waals surface area contributed by atoms with Gasteiger partial charge in [-0.3, -0.25) is 0 Å². The first-order valence-electron chi connectivity index (χ1n) is 6.36. The van der Waals surface area contributed by atoms with E-state index in [1.807, 2.05) is 24.3 Å². The monoisotopic (exact) mass is 342 g/mol. The van der Waals surface area contributed by atoms with Crippen molar-refractivity contribution in [2.24, 2.45) is 0 Å². The highest BCUT2D eigenvalue weighted by Gasteiger charge is 2.25. The van der Waals surface area contributed by atoms with Gasteiger partial charge in [-0.25, -0.2) is 4.98 Å². The summed E-state index contributed by atoms with van der Waals surface area (Å²) in [4.78, 5) is 6.18. The van der Waals surface area contributed by atoms with E-state index in [0.717, 1.165) is 28.4 Å². The van der Waals surface area contributed by atoms with Crippen molar-refractivity contribution in [1.29, 1.82) is 0 Å². The molecule has 1 heterocycles. The van der Waals surface area contributed by atoms with Crippen molar-refractivity contribution >= 4 is 33.0 Å². The zero-order chi connectivity index (χ0) is 13.7. The molecular formula is C16H11BrN2S. The predicted molar refractivity (Wildman–Crippen MR) is 87.9 cm³/mol. The van der Waals surface area contributed by atoms with Crippen LogP contribution in [0, 0.1) is 0 Å². The topological polar surface area (TPSA) is 38.9 Å². The first kappa shape index (κ1) is 12.1. The Balaban J connectivity index is 1.83. The maximum Gasteiger partial charge on any atom is 0.124 e. The van der Waals surface area contributed by atoms with E-state index in [9.17, 15) is 0 Å². The van der Waals surface area contributed by atoms with Gasteiger partial charge >= 0.3 is 0 Å². The fourth-order valence-corrected chi connectivity index (χ4v) is 4.15. The van der Waals surface area contributed by atoms with E-state index in [1.165, 1.54) is 20.5 Å². The van der Waals surface area contributed by atoms with E-state index in [4.69, 9.17) is 10.7 Å². The number of thiazole rings is 1. The Labute approximate surface area is 129 Å². The summed E-state index contributed by atoms with van der Waals surface area (Å²) in [6, 6.07) is 14.2. The van der Waals surface area contributed by atoms with Crippen molar-refractivity contribution in [2.45, 2.75) is 6.42 Å². The highest BCUT2D eigenvalue weighted by atomic mass is 79.9. The van der Waals surface area contributed by atoms with Gasteiger partial charge in [0.25, 0.3) is 0 Å². The Morgan fingerprint density at radius 3 is 2.70 bits per heavy atom. The SMILES string of the molecule is Nc1ccc(-c2nc3c(s2)Cc2c(Br)cccc2-3)cc1. The van der Waals surface area contributed by atoms with Gasteiger partial charge in [0, 0.05) is 32.6 Å². The molecule has 2 aromatic carbocycles. The molecular weight excluding hydrogens is 332 g/mol. The molecule has 0 bridgehead atoms. The molecule has 0 saturated heterocycles. The van der Waals surface area contributed by atoms with Gasteiger partial charge in [-0.1, -0.05) is 28.1 Å². The molecule has 4 heteroatoms. The molecule has 4 rings (SSSR count). The van der Waals surface area contributed by atoms with Crippen molar-refractivity contribution in [2.75, 3.05) is 5.73 Å². The Morgan fingerprint density at radius 2 is 1.90 bits per heavy atom. The standard InChI is InChI=1S/C16H11BrN2S/c17-13-3-1-2-11-12(13)8-14-15(11)19-16(20-14)9-4-6-10(18)7-5-9/h1-7H,8,18H2. The number of benzene rings is 2. The fraction of sp³-hybridized carbons (Fsp3) is 0.0625. The summed E-state index contributed by atoms with van der Waals surface area (Å²) in [7, 11) is 0. The lowest BCUT2D eigenvalue weighted by atomic mass is 10.1. The minimum Gasteiger partial charge on any atom is -0.399 e. The zero-order valence-corrected chi connectivity index (χ0v) is 13.0. The van der Waals surface area contributed by atoms with Crippen LogP contribution in [-0.2, 0) is 6.42 Å². The Morgan fingerprint density at radius 1 is 1.10 bits per heavy atom. The lowest BCUT2D eigenvalue weighted by Crippen LogP contribution is -1.85. The molecule has 1 aliphatic carbocycles. The van der Waals surface area contributed by atoms with E-state index in [1.54, 1.807) is 11.3 Å². The molecule has 0 aliphatic heterocycles. The molecule has 1 aliphatic rings. The number of hydrogen-bond acceptors (Lipinski definition) is 3. The van der Waals surface area contributed by atoms with Gasteiger partial charge in [0.1, 0.15) is 5.01 Å². The molecule has 20 heavy (non-hydrogen) atoms. The van der Waals surface area contributed by atoms with Crippen molar-refractivity contribution in [3.8, 4) is 21.8 Å². The Bertz CT molecular complexity index is 806. The molecule has 0 spiro atoms. The van der Waals surface area contributed by atoms with Crippen LogP contribution in [0.4, 0.5) is 5.69 Å². The highest BCUT2D eigenvalue weighted by Crippen LogP contribution is 2.44. The van der Waals surface area contributed by atoms with Crippen LogP contribution in [0.1, 0.15) is 10.4 Å². The summed E-state index contributed by atoms with van der Waals surface area (Å²) >= 11 is 5.40. The van der Waals surface area contributed by atoms with Crippen LogP contribution >= 0.6 is 27.3 Å². The molecule has 2 N–H and O–H groups in total. The lowest BCUT2D eigenvalue weighted by molar-refractivity contribution is 1.29. The van der Waals surface area contributed by atoms with Crippen LogP contribution in [-0.4, -0.2) is 4.98 Å². The minimum absolute atomic E-state index is 0.784. The van der Waals surface area contributed by atoms with Gasteiger partial charge in [-0.2, -0.15) is 0 Å². The van der Waals surface area contributed by atoms with Crippen LogP contribution < -0.4 is 5.73 Å². The van der Waals surface area contributed by atoms with Crippen molar-refractivity contribution in [1.82, 2.24) is 4.98 Å². The van der Waals surface area contributed by atoms with E-state index >= 15 is 0 Å². The van der Waals surface area contributed by atoms with Crippen molar-refractivity contribution in [3.63, 3.8) is 0 Å². The molecule has 0 saturated carbocycles. The van der Waals surface area contributed by atoms with Gasteiger partial charge in [0.05, 0.1) is 5.69 Å². The van der Waals surface area contributed by atoms with Crippen molar-refractivity contribution in [3.05, 3.63) is 57.4 Å². The van der Waals surface area contributed by atoms with Crippen LogP contribution in [0.3, 0.4) is 0 Å². The molecule has 1 aromatic heterocycles.